The molecule has 0 spiro atoms. The summed E-state index contributed by atoms with van der Waals surface area (Å²) >= 11 is 0. The Bertz CT molecular complexity index is 500. The minimum Gasteiger partial charge on any atom is -0.334 e. The van der Waals surface area contributed by atoms with Crippen molar-refractivity contribution in [3.8, 4) is 0 Å². The molecule has 3 fully saturated rings. The van der Waals surface area contributed by atoms with E-state index in [0.717, 1.165) is 12.8 Å². The molecule has 0 radical (unpaired) electrons. The first kappa shape index (κ1) is 12.4. The van der Waals surface area contributed by atoms with Crippen LogP contribution in [0.4, 0.5) is 13.6 Å². The highest BCUT2D eigenvalue weighted by molar-refractivity contribution is 5.75. The number of nitrogens with one attached hydrogen (secondary N) is 2. The van der Waals surface area contributed by atoms with Gasteiger partial charge in [-0.05, 0) is 36.5 Å². The first-order chi connectivity index (χ1) is 9.06. The first-order valence-electron chi connectivity index (χ1n) is 6.51. The van der Waals surface area contributed by atoms with Crippen molar-refractivity contribution in [2.24, 2.45) is 5.92 Å². The molecule has 0 saturated heterocycles. The van der Waals surface area contributed by atoms with E-state index in [9.17, 15) is 13.6 Å². The Kier molecular flexibility index (Phi) is 2.92. The van der Waals surface area contributed by atoms with Crippen molar-refractivity contribution in [3.05, 3.63) is 35.6 Å². The van der Waals surface area contributed by atoms with Gasteiger partial charge in [0.2, 0.25) is 0 Å². The maximum atomic E-state index is 13.3. The number of carbonyl (C=O) groups is 1. The predicted octanol–water partition coefficient (Wildman–Crippen LogP) is 2.52. The molecule has 3 saturated carbocycles. The summed E-state index contributed by atoms with van der Waals surface area (Å²) < 4.78 is 26.3. The lowest BCUT2D eigenvalue weighted by molar-refractivity contribution is 0.168. The summed E-state index contributed by atoms with van der Waals surface area (Å²) in [6.07, 6.45) is 1.12. The van der Waals surface area contributed by atoms with Crippen molar-refractivity contribution in [2.45, 2.75) is 37.5 Å². The van der Waals surface area contributed by atoms with Crippen molar-refractivity contribution in [1.29, 1.82) is 0 Å². The molecular weight excluding hydrogens is 250 g/mol. The van der Waals surface area contributed by atoms with Crippen molar-refractivity contribution in [2.75, 3.05) is 0 Å². The topological polar surface area (TPSA) is 41.1 Å². The van der Waals surface area contributed by atoms with Gasteiger partial charge < -0.3 is 10.6 Å². The fourth-order valence-corrected chi connectivity index (χ4v) is 3.17. The van der Waals surface area contributed by atoms with E-state index in [4.69, 9.17) is 0 Å². The normalized spacial score (nSPS) is 31.7. The summed E-state index contributed by atoms with van der Waals surface area (Å²) in [6, 6.07) is 5.78. The smallest absolute Gasteiger partial charge is 0.315 e. The average molecular weight is 266 g/mol. The number of hydrogen-bond donors (Lipinski definition) is 2. The van der Waals surface area contributed by atoms with Crippen LogP contribution in [-0.2, 0) is 6.54 Å². The molecule has 3 nitrogen and oxygen atoms in total. The van der Waals surface area contributed by atoms with Crippen LogP contribution >= 0.6 is 0 Å². The van der Waals surface area contributed by atoms with E-state index in [2.05, 4.69) is 10.6 Å². The van der Waals surface area contributed by atoms with E-state index in [0.29, 0.717) is 12.0 Å². The fraction of sp³-hybridized carbons (Fsp3) is 0.500. The summed E-state index contributed by atoms with van der Waals surface area (Å²) in [7, 11) is 0. The third kappa shape index (κ3) is 2.41. The van der Waals surface area contributed by atoms with Gasteiger partial charge in [-0.25, -0.2) is 13.6 Å². The van der Waals surface area contributed by atoms with Crippen LogP contribution in [-0.4, -0.2) is 17.7 Å². The molecule has 1 atom stereocenters. The highest BCUT2D eigenvalue weighted by Gasteiger charge is 2.57. The third-order valence-electron chi connectivity index (χ3n) is 4.12. The molecule has 0 aromatic heterocycles. The molecule has 19 heavy (non-hydrogen) atoms. The van der Waals surface area contributed by atoms with Crippen molar-refractivity contribution >= 4 is 6.03 Å². The monoisotopic (exact) mass is 266 g/mol. The van der Waals surface area contributed by atoms with Gasteiger partial charge in [-0.1, -0.05) is 12.1 Å². The van der Waals surface area contributed by atoms with Gasteiger partial charge in [-0.3, -0.25) is 0 Å². The van der Waals surface area contributed by atoms with Gasteiger partial charge >= 0.3 is 6.03 Å². The van der Waals surface area contributed by atoms with Gasteiger partial charge in [0.25, 0.3) is 0 Å². The molecule has 2 bridgehead atoms. The van der Waals surface area contributed by atoms with Crippen LogP contribution in [0.25, 0.3) is 0 Å². The standard InChI is InChI=1S/C14H16F2N2O/c15-11-3-1-2-9(4-11)8-17-13(19)18-14-5-10(6-14)12(16)7-14/h1-4,10,12H,5-8H2,(H2,17,18,19). The number of hydrogen-bond acceptors (Lipinski definition) is 1. The van der Waals surface area contributed by atoms with Gasteiger partial charge in [0.15, 0.2) is 0 Å². The molecule has 2 N–H and O–H groups in total. The minimum absolute atomic E-state index is 0.128. The molecule has 3 aliphatic carbocycles. The van der Waals surface area contributed by atoms with Crippen molar-refractivity contribution in [3.63, 3.8) is 0 Å². The number of rotatable bonds is 3. The number of carbonyl (C=O) groups excluding carboxylic acids is 1. The predicted molar refractivity (Wildman–Crippen MR) is 66.7 cm³/mol. The molecule has 0 heterocycles. The number of halogens is 2. The molecule has 5 heteroatoms. The van der Waals surface area contributed by atoms with Crippen LogP contribution in [0.5, 0.6) is 0 Å². The lowest BCUT2D eigenvalue weighted by Gasteiger charge is -2.38. The Labute approximate surface area is 110 Å². The Balaban J connectivity index is 1.50. The van der Waals surface area contributed by atoms with Crippen LogP contribution in [0.3, 0.4) is 0 Å². The highest BCUT2D eigenvalue weighted by Crippen LogP contribution is 2.53. The summed E-state index contributed by atoms with van der Waals surface area (Å²) in [5.41, 5.74) is 0.366. The molecule has 3 aliphatic rings. The summed E-state index contributed by atoms with van der Waals surface area (Å²) in [4.78, 5) is 11.8. The number of urea groups is 1. The van der Waals surface area contributed by atoms with Crippen molar-refractivity contribution < 1.29 is 13.6 Å². The second-order valence-electron chi connectivity index (χ2n) is 5.61. The van der Waals surface area contributed by atoms with E-state index < -0.39 is 6.17 Å². The zero-order valence-electron chi connectivity index (χ0n) is 10.5. The molecule has 4 rings (SSSR count). The third-order valence-corrected chi connectivity index (χ3v) is 4.12. The van der Waals surface area contributed by atoms with Gasteiger partial charge in [0.05, 0.1) is 0 Å². The number of benzene rings is 1. The van der Waals surface area contributed by atoms with Crippen LogP contribution in [0, 0.1) is 11.7 Å². The van der Waals surface area contributed by atoms with E-state index in [1.807, 2.05) is 0 Å². The van der Waals surface area contributed by atoms with Gasteiger partial charge in [0, 0.05) is 18.5 Å². The Hall–Kier alpha value is -1.65. The van der Waals surface area contributed by atoms with Crippen LogP contribution in [0.2, 0.25) is 0 Å². The summed E-state index contributed by atoms with van der Waals surface area (Å²) in [5.74, 6) is -0.195. The average Bonchev–Trinajstić information content (AvgIpc) is 2.78. The Morgan fingerprint density at radius 3 is 2.79 bits per heavy atom. The quantitative estimate of drug-likeness (QED) is 0.867. The van der Waals surface area contributed by atoms with E-state index in [1.54, 1.807) is 12.1 Å². The SMILES string of the molecule is O=C(NCc1cccc(F)c1)NC12CC(F)C(C1)C2. The van der Waals surface area contributed by atoms with E-state index in [-0.39, 0.29) is 29.8 Å². The zero-order valence-corrected chi connectivity index (χ0v) is 10.5. The van der Waals surface area contributed by atoms with Crippen molar-refractivity contribution in [1.82, 2.24) is 10.6 Å². The molecule has 1 unspecified atom stereocenters. The molecule has 2 amide bonds. The second-order valence-corrected chi connectivity index (χ2v) is 5.61. The largest absolute Gasteiger partial charge is 0.334 e. The zero-order chi connectivity index (χ0) is 13.5. The Morgan fingerprint density at radius 2 is 2.16 bits per heavy atom. The Morgan fingerprint density at radius 1 is 1.37 bits per heavy atom. The fourth-order valence-electron chi connectivity index (χ4n) is 3.17. The maximum absolute atomic E-state index is 13.3. The molecule has 1 aromatic rings. The van der Waals surface area contributed by atoms with Crippen LogP contribution in [0.15, 0.2) is 24.3 Å². The number of alkyl halides is 1. The highest BCUT2D eigenvalue weighted by atomic mass is 19.1. The van der Waals surface area contributed by atoms with E-state index in [1.165, 1.54) is 12.1 Å². The van der Waals surface area contributed by atoms with E-state index >= 15 is 0 Å². The lowest BCUT2D eigenvalue weighted by atomic mass is 9.77. The summed E-state index contributed by atoms with van der Waals surface area (Å²) in [6.45, 7) is 0.266. The molecular formula is C14H16F2N2O. The lowest BCUT2D eigenvalue weighted by Crippen LogP contribution is -2.54. The minimum atomic E-state index is -0.775. The van der Waals surface area contributed by atoms with Gasteiger partial charge in [-0.2, -0.15) is 0 Å². The maximum Gasteiger partial charge on any atom is 0.315 e. The van der Waals surface area contributed by atoms with Crippen LogP contribution in [0.1, 0.15) is 24.8 Å². The van der Waals surface area contributed by atoms with Gasteiger partial charge in [-0.15, -0.1) is 0 Å². The summed E-state index contributed by atoms with van der Waals surface area (Å²) in [5, 5.41) is 5.53. The first-order valence-corrected chi connectivity index (χ1v) is 6.51. The molecule has 0 aliphatic heterocycles. The van der Waals surface area contributed by atoms with Crippen LogP contribution < -0.4 is 10.6 Å². The number of fused-ring (bicyclic) bond motifs is 1. The molecule has 1 aromatic carbocycles. The molecule has 102 valence electrons. The second kappa shape index (κ2) is 4.47. The van der Waals surface area contributed by atoms with Gasteiger partial charge in [0.1, 0.15) is 12.0 Å². The number of amides is 2.